The second kappa shape index (κ2) is 16.5. The Labute approximate surface area is 225 Å². The molecule has 1 rings (SSSR count). The van der Waals surface area contributed by atoms with Crippen LogP contribution in [0.2, 0.25) is 0 Å². The van der Waals surface area contributed by atoms with Gasteiger partial charge in [-0.3, -0.25) is 0 Å². The molecule has 3 N–H and O–H groups in total. The van der Waals surface area contributed by atoms with E-state index in [1.54, 1.807) is 0 Å². The molecule has 1 atom stereocenters. The van der Waals surface area contributed by atoms with Crippen molar-refractivity contribution in [3.63, 3.8) is 0 Å². The normalized spacial score (nSPS) is 14.3. The van der Waals surface area contributed by atoms with Gasteiger partial charge in [-0.2, -0.15) is 0 Å². The summed E-state index contributed by atoms with van der Waals surface area (Å²) in [6, 6.07) is 6.36. The van der Waals surface area contributed by atoms with Gasteiger partial charge in [0.15, 0.2) is 0 Å². The van der Waals surface area contributed by atoms with Gasteiger partial charge in [0.05, 0.1) is 0 Å². The van der Waals surface area contributed by atoms with Gasteiger partial charge in [-0.25, -0.2) is 0 Å². The van der Waals surface area contributed by atoms with Crippen LogP contribution in [0.5, 0.6) is 0 Å². The molecule has 0 aliphatic carbocycles. The van der Waals surface area contributed by atoms with Crippen LogP contribution in [0.15, 0.2) is 18.2 Å². The van der Waals surface area contributed by atoms with Gasteiger partial charge in [-0.15, -0.1) is 0 Å². The van der Waals surface area contributed by atoms with Gasteiger partial charge in [-0.05, 0) is 0 Å². The van der Waals surface area contributed by atoms with E-state index in [1.807, 2.05) is 6.07 Å². The molecule has 0 heterocycles. The molecule has 212 valence electrons. The Morgan fingerprint density at radius 3 is 1.39 bits per heavy atom. The first kappa shape index (κ1) is 33.6. The maximum atomic E-state index is 10.4. The third-order valence-corrected chi connectivity index (χ3v) is 9.20. The van der Waals surface area contributed by atoms with E-state index in [4.69, 9.17) is 0 Å². The number of hydrogen-bond acceptors (Lipinski definition) is 3. The molecule has 1 aromatic carbocycles. The van der Waals surface area contributed by atoms with Gasteiger partial charge >= 0.3 is 186 Å². The van der Waals surface area contributed by atoms with Gasteiger partial charge in [0.2, 0.25) is 0 Å². The number of rotatable bonds is 18. The van der Waals surface area contributed by atoms with Crippen molar-refractivity contribution in [2.75, 3.05) is 0 Å². The van der Waals surface area contributed by atoms with E-state index in [2.05, 4.69) is 60.6 Å². The molecular formula is C32H61O3P. The predicted molar refractivity (Wildman–Crippen MR) is 161 cm³/mol. The summed E-state index contributed by atoms with van der Waals surface area (Å²) >= 11 is 0. The Hall–Kier alpha value is -0.470. The van der Waals surface area contributed by atoms with E-state index in [1.165, 1.54) is 89.0 Å². The Balaban J connectivity index is 2.45. The van der Waals surface area contributed by atoms with Crippen LogP contribution in [-0.4, -0.2) is 14.7 Å². The monoisotopic (exact) mass is 524 g/mol. The second-order valence-electron chi connectivity index (χ2n) is 13.3. The quantitative estimate of drug-likeness (QED) is 0.132. The summed E-state index contributed by atoms with van der Waals surface area (Å²) in [5.74, 6) is 0. The summed E-state index contributed by atoms with van der Waals surface area (Å²) in [6.45, 7) is 15.4. The zero-order valence-electron chi connectivity index (χ0n) is 25.0. The molecule has 0 fully saturated rings. The summed E-state index contributed by atoms with van der Waals surface area (Å²) in [4.78, 5) is 31.2. The van der Waals surface area contributed by atoms with Crippen molar-refractivity contribution < 1.29 is 14.7 Å². The molecule has 0 bridgehead atoms. The van der Waals surface area contributed by atoms with Crippen LogP contribution >= 0.6 is 7.94 Å². The van der Waals surface area contributed by atoms with E-state index in [9.17, 15) is 14.7 Å². The van der Waals surface area contributed by atoms with E-state index < -0.39 is 13.6 Å². The molecule has 0 amide bonds. The summed E-state index contributed by atoms with van der Waals surface area (Å²) in [5, 5.41) is 0. The molecule has 1 unspecified atom stereocenters. The number of hydrogen-bond donors (Lipinski definition) is 3. The minimum atomic E-state index is -4.31. The molecule has 0 aliphatic rings. The standard InChI is InChI=1S/C32H61O3P/c1-8-9-10-11-12-13-14-15-16-17-18-19-20-21-22-23-30(36(33,34)35)28-25-24-27(31(2,3)4)26-29(28)32(5,6)7/h24-26,30,33-36H,8-23H2,1-7H3. The first-order valence-corrected chi connectivity index (χ1v) is 17.0. The van der Waals surface area contributed by atoms with Gasteiger partial charge in [-0.1, -0.05) is 39.0 Å². The molecular weight excluding hydrogens is 463 g/mol. The summed E-state index contributed by atoms with van der Waals surface area (Å²) in [5.41, 5.74) is 2.60. The fraction of sp³-hybridized carbons (Fsp3) is 0.812. The number of benzene rings is 1. The molecule has 0 aliphatic heterocycles. The van der Waals surface area contributed by atoms with Gasteiger partial charge < -0.3 is 0 Å². The van der Waals surface area contributed by atoms with E-state index in [0.717, 1.165) is 24.0 Å². The first-order valence-electron chi connectivity index (χ1n) is 15.1. The van der Waals surface area contributed by atoms with Gasteiger partial charge in [0, 0.05) is 0 Å². The molecule has 0 saturated heterocycles. The maximum absolute atomic E-state index is 10.4. The van der Waals surface area contributed by atoms with Gasteiger partial charge in [0.25, 0.3) is 0 Å². The fourth-order valence-corrected chi connectivity index (χ4v) is 6.51. The zero-order valence-corrected chi connectivity index (χ0v) is 26.0. The third kappa shape index (κ3) is 13.4. The van der Waals surface area contributed by atoms with Crippen LogP contribution in [0.1, 0.15) is 174 Å². The van der Waals surface area contributed by atoms with E-state index in [0.29, 0.717) is 6.42 Å². The molecule has 3 nitrogen and oxygen atoms in total. The molecule has 4 heteroatoms. The van der Waals surface area contributed by atoms with Crippen LogP contribution in [0.4, 0.5) is 0 Å². The van der Waals surface area contributed by atoms with Crippen molar-refractivity contribution in [2.24, 2.45) is 0 Å². The van der Waals surface area contributed by atoms with Crippen molar-refractivity contribution in [3.8, 4) is 0 Å². The zero-order chi connectivity index (χ0) is 27.2. The first-order chi connectivity index (χ1) is 16.8. The average molecular weight is 525 g/mol. The molecule has 36 heavy (non-hydrogen) atoms. The van der Waals surface area contributed by atoms with Crippen LogP contribution in [0.25, 0.3) is 0 Å². The predicted octanol–water partition coefficient (Wildman–Crippen LogP) is 10.1. The van der Waals surface area contributed by atoms with Crippen molar-refractivity contribution in [3.05, 3.63) is 34.9 Å². The molecule has 0 saturated carbocycles. The van der Waals surface area contributed by atoms with Crippen LogP contribution < -0.4 is 0 Å². The van der Waals surface area contributed by atoms with Crippen LogP contribution in [-0.2, 0) is 10.8 Å². The number of unbranched alkanes of at least 4 members (excludes halogenated alkanes) is 14. The summed E-state index contributed by atoms with van der Waals surface area (Å²) in [7, 11) is -4.31. The average Bonchev–Trinajstić information content (AvgIpc) is 2.76. The Bertz CT molecular complexity index is 710. The second-order valence-corrected chi connectivity index (χ2v) is 15.4. The van der Waals surface area contributed by atoms with Crippen molar-refractivity contribution >= 4 is 7.94 Å². The summed E-state index contributed by atoms with van der Waals surface area (Å²) in [6.07, 6.45) is 20.3. The third-order valence-electron chi connectivity index (χ3n) is 7.67. The summed E-state index contributed by atoms with van der Waals surface area (Å²) < 4.78 is 0. The fourth-order valence-electron chi connectivity index (χ4n) is 5.25. The van der Waals surface area contributed by atoms with Crippen molar-refractivity contribution in [1.29, 1.82) is 0 Å². The van der Waals surface area contributed by atoms with Crippen LogP contribution in [0.3, 0.4) is 0 Å². The molecule has 0 aromatic heterocycles. The van der Waals surface area contributed by atoms with Crippen LogP contribution in [0, 0.1) is 0 Å². The minimum absolute atomic E-state index is 0.0223. The Kier molecular flexibility index (Phi) is 15.4. The van der Waals surface area contributed by atoms with E-state index in [-0.39, 0.29) is 10.8 Å². The topological polar surface area (TPSA) is 60.7 Å². The molecule has 0 spiro atoms. The Morgan fingerprint density at radius 2 is 1.03 bits per heavy atom. The SMILES string of the molecule is CCCCCCCCCCCCCCCCCC(c1ccc(C(C)(C)C)cc1C(C)(C)C)[PH](O)(O)O. The van der Waals surface area contributed by atoms with Crippen molar-refractivity contribution in [2.45, 2.75) is 168 Å². The van der Waals surface area contributed by atoms with Gasteiger partial charge in [0.1, 0.15) is 0 Å². The van der Waals surface area contributed by atoms with E-state index >= 15 is 0 Å². The van der Waals surface area contributed by atoms with Crippen molar-refractivity contribution in [1.82, 2.24) is 0 Å². The Morgan fingerprint density at radius 1 is 0.611 bits per heavy atom. The molecule has 0 radical (unpaired) electrons. The molecule has 1 aromatic rings.